The Labute approximate surface area is 147 Å². The van der Waals surface area contributed by atoms with Crippen molar-refractivity contribution in [3.05, 3.63) is 29.6 Å². The molecule has 0 radical (unpaired) electrons. The van der Waals surface area contributed by atoms with E-state index in [0.29, 0.717) is 25.9 Å². The Kier molecular flexibility index (Phi) is 5.62. The van der Waals surface area contributed by atoms with E-state index in [0.717, 1.165) is 0 Å². The van der Waals surface area contributed by atoms with Crippen LogP contribution in [0.1, 0.15) is 31.7 Å². The molecule has 1 heterocycles. The zero-order valence-electron chi connectivity index (χ0n) is 13.9. The van der Waals surface area contributed by atoms with E-state index in [2.05, 4.69) is 10.3 Å². The number of ether oxygens (including phenoxy) is 1. The number of nitrogens with two attached hydrogens (primary N) is 1. The molecule has 144 valence electrons. The van der Waals surface area contributed by atoms with Crippen LogP contribution in [0.2, 0.25) is 0 Å². The fraction of sp³-hybridized carbons (Fsp3) is 0.500. The predicted octanol–water partition coefficient (Wildman–Crippen LogP) is 3.82. The topological polar surface area (TPSA) is 96.9 Å². The Morgan fingerprint density at radius 3 is 2.54 bits per heavy atom. The van der Waals surface area contributed by atoms with Gasteiger partial charge in [-0.05, 0) is 38.0 Å². The summed E-state index contributed by atoms with van der Waals surface area (Å²) < 4.78 is 52.7. The molecule has 6 nitrogen and oxygen atoms in total. The summed E-state index contributed by atoms with van der Waals surface area (Å²) in [6.07, 6.45) is -3.94. The third-order valence-corrected chi connectivity index (χ3v) is 4.03. The second-order valence-electron chi connectivity index (χ2n) is 6.26. The normalized spacial score (nSPS) is 22.4. The minimum Gasteiger partial charge on any atom is -0.465 e. The smallest absolute Gasteiger partial charge is 0.409 e. The lowest BCUT2D eigenvalue weighted by molar-refractivity contribution is -0.147. The maximum atomic E-state index is 13.9. The van der Waals surface area contributed by atoms with Gasteiger partial charge in [0.2, 0.25) is 0 Å². The molecule has 1 aliphatic carbocycles. The molecule has 26 heavy (non-hydrogen) atoms. The maximum absolute atomic E-state index is 13.9. The molecule has 1 fully saturated rings. The first-order chi connectivity index (χ1) is 12.0. The molecule has 3 rings (SSSR count). The number of hydrogen-bond acceptors (Lipinski definition) is 4. The zero-order valence-corrected chi connectivity index (χ0v) is 13.9. The summed E-state index contributed by atoms with van der Waals surface area (Å²) in [7, 11) is 0. The minimum absolute atomic E-state index is 0.00440. The van der Waals surface area contributed by atoms with Gasteiger partial charge in [-0.25, -0.2) is 14.2 Å². The van der Waals surface area contributed by atoms with Crippen molar-refractivity contribution in [3.63, 3.8) is 0 Å². The van der Waals surface area contributed by atoms with Gasteiger partial charge >= 0.3 is 12.3 Å². The van der Waals surface area contributed by atoms with Crippen molar-refractivity contribution in [2.24, 2.45) is 16.6 Å². The lowest BCUT2D eigenvalue weighted by Crippen LogP contribution is -2.34. The molecule has 1 aliphatic heterocycles. The summed E-state index contributed by atoms with van der Waals surface area (Å²) >= 11 is 0. The van der Waals surface area contributed by atoms with Crippen LogP contribution in [-0.4, -0.2) is 30.0 Å². The van der Waals surface area contributed by atoms with Gasteiger partial charge < -0.3 is 15.6 Å². The highest BCUT2D eigenvalue weighted by Crippen LogP contribution is 2.43. The van der Waals surface area contributed by atoms with Crippen LogP contribution < -0.4 is 11.1 Å². The van der Waals surface area contributed by atoms with Crippen LogP contribution in [0.5, 0.6) is 0 Å². The van der Waals surface area contributed by atoms with Gasteiger partial charge in [-0.1, -0.05) is 0 Å². The number of amidine groups is 1. The van der Waals surface area contributed by atoms with Gasteiger partial charge in [0.05, 0.1) is 18.1 Å². The van der Waals surface area contributed by atoms with Gasteiger partial charge in [0.25, 0.3) is 6.02 Å². The van der Waals surface area contributed by atoms with Crippen molar-refractivity contribution in [2.45, 2.75) is 37.9 Å². The van der Waals surface area contributed by atoms with E-state index in [4.69, 9.17) is 15.6 Å². The zero-order chi connectivity index (χ0) is 19.5. The van der Waals surface area contributed by atoms with E-state index in [1.165, 1.54) is 18.2 Å². The number of nitrogens with zero attached hydrogens (tertiary/aromatic N) is 1. The fourth-order valence-electron chi connectivity index (χ4n) is 2.43. The number of anilines is 1. The Hall–Kier alpha value is -2.52. The lowest BCUT2D eigenvalue weighted by atomic mass is 9.88. The predicted molar refractivity (Wildman–Crippen MR) is 86.4 cm³/mol. The number of rotatable bonds is 2. The molecule has 1 aromatic carbocycles. The molecule has 4 N–H and O–H groups in total. The Morgan fingerprint density at radius 1 is 1.42 bits per heavy atom. The van der Waals surface area contributed by atoms with Crippen molar-refractivity contribution in [3.8, 4) is 0 Å². The number of carbonyl (C=O) groups is 1. The number of alkyl halides is 3. The Balaban J connectivity index is 0.000000290. The summed E-state index contributed by atoms with van der Waals surface area (Å²) in [6, 6.07) is 3.98. The molecule has 2 aliphatic rings. The summed E-state index contributed by atoms with van der Waals surface area (Å²) in [5, 5.41) is 10.9. The number of aliphatic imine (C=N–C) groups is 1. The van der Waals surface area contributed by atoms with E-state index in [9.17, 15) is 22.4 Å². The third-order valence-electron chi connectivity index (χ3n) is 4.03. The lowest BCUT2D eigenvalue weighted by Gasteiger charge is -2.30. The van der Waals surface area contributed by atoms with Crippen LogP contribution in [0.25, 0.3) is 0 Å². The molecular formula is C16H19F4N3O3. The molecule has 10 heteroatoms. The van der Waals surface area contributed by atoms with Crippen LogP contribution in [0.3, 0.4) is 0 Å². The first-order valence-corrected chi connectivity index (χ1v) is 7.86. The van der Waals surface area contributed by atoms with Gasteiger partial charge in [0.15, 0.2) is 0 Å². The molecule has 1 amide bonds. The second kappa shape index (κ2) is 7.38. The van der Waals surface area contributed by atoms with Crippen LogP contribution in [-0.2, 0) is 10.3 Å². The molecule has 0 saturated heterocycles. The summed E-state index contributed by atoms with van der Waals surface area (Å²) in [5.74, 6) is -1.41. The molecule has 0 aromatic heterocycles. The van der Waals surface area contributed by atoms with Crippen molar-refractivity contribution < 1.29 is 32.2 Å². The SMILES string of the molecule is C[C@@]1(c2cc(NC(=O)O)ccc2F)CCOC(N)=N1.FC(F)(F)C1CC1. The van der Waals surface area contributed by atoms with Gasteiger partial charge in [-0.15, -0.1) is 0 Å². The van der Waals surface area contributed by atoms with Crippen LogP contribution >= 0.6 is 0 Å². The van der Waals surface area contributed by atoms with E-state index >= 15 is 0 Å². The number of carboxylic acid groups (broad SMARTS) is 1. The largest absolute Gasteiger partial charge is 0.465 e. The van der Waals surface area contributed by atoms with Crippen molar-refractivity contribution in [2.75, 3.05) is 11.9 Å². The molecule has 1 aromatic rings. The molecule has 0 bridgehead atoms. The van der Waals surface area contributed by atoms with Gasteiger partial charge in [-0.2, -0.15) is 13.2 Å². The van der Waals surface area contributed by atoms with E-state index in [1.807, 2.05) is 0 Å². The molecule has 0 unspecified atom stereocenters. The van der Waals surface area contributed by atoms with Gasteiger partial charge in [-0.3, -0.25) is 5.32 Å². The van der Waals surface area contributed by atoms with E-state index in [1.54, 1.807) is 6.92 Å². The van der Waals surface area contributed by atoms with Gasteiger partial charge in [0, 0.05) is 17.7 Å². The summed E-state index contributed by atoms with van der Waals surface area (Å²) in [5.41, 5.74) is 5.22. The van der Waals surface area contributed by atoms with Crippen molar-refractivity contribution in [1.29, 1.82) is 0 Å². The van der Waals surface area contributed by atoms with Crippen LogP contribution in [0, 0.1) is 11.7 Å². The highest BCUT2D eigenvalue weighted by molar-refractivity contribution is 5.83. The van der Waals surface area contributed by atoms with E-state index < -0.39 is 29.5 Å². The number of hydrogen-bond donors (Lipinski definition) is 3. The molecule has 0 spiro atoms. The Bertz CT molecular complexity index is 704. The Morgan fingerprint density at radius 2 is 2.08 bits per heavy atom. The monoisotopic (exact) mass is 377 g/mol. The molecule has 1 saturated carbocycles. The number of amides is 1. The summed E-state index contributed by atoms with van der Waals surface area (Å²) in [4.78, 5) is 14.7. The van der Waals surface area contributed by atoms with E-state index in [-0.39, 0.29) is 17.3 Å². The van der Waals surface area contributed by atoms with Gasteiger partial charge in [0.1, 0.15) is 5.82 Å². The van der Waals surface area contributed by atoms with Crippen LogP contribution in [0.15, 0.2) is 23.2 Å². The standard InChI is InChI=1S/C12H14FN3O3.C4H5F3/c1-12(4-5-19-10(14)16-12)8-6-7(15-11(17)18)2-3-9(8)13;5-4(6,7)3-1-2-3/h2-3,6,15H,4-5H2,1H3,(H2,14,16)(H,17,18);3H,1-2H2/t12-;/m0./s1. The average Bonchev–Trinajstić information content (AvgIpc) is 3.33. The first kappa shape index (κ1) is 19.8. The maximum Gasteiger partial charge on any atom is 0.409 e. The molecular weight excluding hydrogens is 358 g/mol. The summed E-state index contributed by atoms with van der Waals surface area (Å²) in [6.45, 7) is 2.06. The number of halogens is 4. The van der Waals surface area contributed by atoms with Crippen molar-refractivity contribution >= 4 is 17.8 Å². The minimum atomic E-state index is -3.89. The quantitative estimate of drug-likeness (QED) is 0.683. The van der Waals surface area contributed by atoms with Crippen LogP contribution in [0.4, 0.5) is 28.0 Å². The second-order valence-corrected chi connectivity index (χ2v) is 6.26. The highest BCUT2D eigenvalue weighted by atomic mass is 19.4. The number of nitrogens with one attached hydrogen (secondary N) is 1. The molecule has 1 atom stereocenters. The first-order valence-electron chi connectivity index (χ1n) is 7.86. The number of benzene rings is 1. The average molecular weight is 377 g/mol. The highest BCUT2D eigenvalue weighted by Gasteiger charge is 2.46. The third kappa shape index (κ3) is 5.24. The fourth-order valence-corrected chi connectivity index (χ4v) is 2.43. The van der Waals surface area contributed by atoms with Crippen molar-refractivity contribution in [1.82, 2.24) is 0 Å².